The molecular weight excluding hydrogens is 252 g/mol. The lowest BCUT2D eigenvalue weighted by Gasteiger charge is -2.46. The summed E-state index contributed by atoms with van der Waals surface area (Å²) in [5.74, 6) is -2.21. The molecule has 0 saturated carbocycles. The van der Waals surface area contributed by atoms with Gasteiger partial charge in [0.25, 0.3) is 0 Å². The van der Waals surface area contributed by atoms with Crippen LogP contribution >= 0.6 is 0 Å². The van der Waals surface area contributed by atoms with Gasteiger partial charge in [0, 0.05) is 5.56 Å². The molecule has 1 aliphatic heterocycles. The maximum atomic E-state index is 13.4. The van der Waals surface area contributed by atoms with Gasteiger partial charge in [-0.3, -0.25) is 4.79 Å². The number of likely N-dealkylation sites (tertiary alicyclic amines) is 1. The van der Waals surface area contributed by atoms with Crippen molar-refractivity contribution in [1.82, 2.24) is 4.90 Å². The van der Waals surface area contributed by atoms with Gasteiger partial charge in [-0.15, -0.1) is 0 Å². The molecule has 1 aliphatic rings. The third-order valence-electron chi connectivity index (χ3n) is 3.41. The molecule has 1 fully saturated rings. The maximum absolute atomic E-state index is 13.4. The lowest BCUT2D eigenvalue weighted by atomic mass is 9.89. The van der Waals surface area contributed by atoms with Crippen LogP contribution in [0, 0.1) is 11.6 Å². The molecule has 0 atom stereocenters. The van der Waals surface area contributed by atoms with E-state index in [4.69, 9.17) is 0 Å². The summed E-state index contributed by atoms with van der Waals surface area (Å²) in [7, 11) is 0. The molecule has 1 N–H and O–H groups in total. The van der Waals surface area contributed by atoms with E-state index in [9.17, 15) is 18.7 Å². The number of carbonyl (C=O) groups is 1. The molecule has 1 amide bonds. The molecule has 1 heterocycles. The van der Waals surface area contributed by atoms with E-state index in [0.717, 1.165) is 12.5 Å². The molecule has 0 aliphatic carbocycles. The number of aliphatic hydroxyl groups is 1. The molecule has 2 rings (SSSR count). The summed E-state index contributed by atoms with van der Waals surface area (Å²) in [6.07, 6.45) is 1.31. The number of hydrogen-bond donors (Lipinski definition) is 1. The Bertz CT molecular complexity index is 484. The Morgan fingerprint density at radius 2 is 2.11 bits per heavy atom. The smallest absolute Gasteiger partial charge is 0.227 e. The van der Waals surface area contributed by atoms with E-state index in [-0.39, 0.29) is 31.0 Å². The third kappa shape index (κ3) is 2.92. The van der Waals surface area contributed by atoms with Crippen molar-refractivity contribution in [2.24, 2.45) is 0 Å². The van der Waals surface area contributed by atoms with Gasteiger partial charge in [-0.25, -0.2) is 8.78 Å². The molecular formula is C14H17F2NO2. The van der Waals surface area contributed by atoms with Crippen LogP contribution in [0.5, 0.6) is 0 Å². The molecule has 104 valence electrons. The first kappa shape index (κ1) is 13.9. The molecule has 5 heteroatoms. The van der Waals surface area contributed by atoms with E-state index < -0.39 is 17.2 Å². The SMILES string of the molecule is CCCC1(O)CN(C(=O)Cc2cccc(F)c2F)C1. The first-order valence-corrected chi connectivity index (χ1v) is 6.38. The van der Waals surface area contributed by atoms with Gasteiger partial charge in [-0.2, -0.15) is 0 Å². The number of hydrogen-bond acceptors (Lipinski definition) is 2. The zero-order valence-electron chi connectivity index (χ0n) is 10.8. The number of rotatable bonds is 4. The monoisotopic (exact) mass is 269 g/mol. The van der Waals surface area contributed by atoms with Gasteiger partial charge in [0.05, 0.1) is 25.1 Å². The Hall–Kier alpha value is -1.49. The van der Waals surface area contributed by atoms with Gasteiger partial charge < -0.3 is 10.0 Å². The van der Waals surface area contributed by atoms with Crippen LogP contribution in [-0.4, -0.2) is 34.6 Å². The number of β-amino-alcohol motifs (C(OH)–C–C–N with tert-alkyl or cyclic N) is 1. The standard InChI is InChI=1S/C14H17F2NO2/c1-2-6-14(19)8-17(9-14)12(18)7-10-4-3-5-11(15)13(10)16/h3-5,19H,2,6-9H2,1H3. The maximum Gasteiger partial charge on any atom is 0.227 e. The fourth-order valence-corrected chi connectivity index (χ4v) is 2.42. The Kier molecular flexibility index (Phi) is 3.85. The molecule has 0 spiro atoms. The number of benzene rings is 1. The molecule has 3 nitrogen and oxygen atoms in total. The van der Waals surface area contributed by atoms with Crippen LogP contribution < -0.4 is 0 Å². The first-order chi connectivity index (χ1) is 8.95. The predicted octanol–water partition coefficient (Wildman–Crippen LogP) is 1.88. The van der Waals surface area contributed by atoms with Crippen molar-refractivity contribution in [2.45, 2.75) is 31.8 Å². The van der Waals surface area contributed by atoms with Gasteiger partial charge in [0.2, 0.25) is 5.91 Å². The Morgan fingerprint density at radius 3 is 2.74 bits per heavy atom. The van der Waals surface area contributed by atoms with E-state index in [2.05, 4.69) is 0 Å². The van der Waals surface area contributed by atoms with Gasteiger partial charge in [0.1, 0.15) is 0 Å². The predicted molar refractivity (Wildman–Crippen MR) is 66.5 cm³/mol. The molecule has 1 aromatic rings. The highest BCUT2D eigenvalue weighted by Crippen LogP contribution is 2.26. The van der Waals surface area contributed by atoms with Crippen molar-refractivity contribution in [3.63, 3.8) is 0 Å². The summed E-state index contributed by atoms with van der Waals surface area (Å²) in [5, 5.41) is 9.97. The number of nitrogens with zero attached hydrogens (tertiary/aromatic N) is 1. The highest BCUT2D eigenvalue weighted by Gasteiger charge is 2.42. The summed E-state index contributed by atoms with van der Waals surface area (Å²) in [6, 6.07) is 3.80. The van der Waals surface area contributed by atoms with Crippen molar-refractivity contribution >= 4 is 5.91 Å². The summed E-state index contributed by atoms with van der Waals surface area (Å²) in [5.41, 5.74) is -0.749. The van der Waals surface area contributed by atoms with Gasteiger partial charge in [-0.1, -0.05) is 25.5 Å². The van der Waals surface area contributed by atoms with Gasteiger partial charge >= 0.3 is 0 Å². The average molecular weight is 269 g/mol. The highest BCUT2D eigenvalue weighted by atomic mass is 19.2. The van der Waals surface area contributed by atoms with Gasteiger partial charge in [-0.05, 0) is 12.5 Å². The van der Waals surface area contributed by atoms with Gasteiger partial charge in [0.15, 0.2) is 11.6 Å². The Labute approximate surface area is 110 Å². The largest absolute Gasteiger partial charge is 0.386 e. The van der Waals surface area contributed by atoms with E-state index in [1.807, 2.05) is 6.92 Å². The first-order valence-electron chi connectivity index (χ1n) is 6.38. The summed E-state index contributed by atoms with van der Waals surface area (Å²) < 4.78 is 26.4. The Morgan fingerprint density at radius 1 is 1.42 bits per heavy atom. The lowest BCUT2D eigenvalue weighted by molar-refractivity contribution is -0.155. The van der Waals surface area contributed by atoms with Crippen LogP contribution in [0.25, 0.3) is 0 Å². The van der Waals surface area contributed by atoms with Crippen molar-refractivity contribution in [2.75, 3.05) is 13.1 Å². The summed E-state index contributed by atoms with van der Waals surface area (Å²) >= 11 is 0. The molecule has 0 bridgehead atoms. The number of carbonyl (C=O) groups excluding carboxylic acids is 1. The fraction of sp³-hybridized carbons (Fsp3) is 0.500. The minimum Gasteiger partial charge on any atom is -0.386 e. The van der Waals surface area contributed by atoms with Crippen molar-refractivity contribution in [3.05, 3.63) is 35.4 Å². The molecule has 1 saturated heterocycles. The van der Waals surface area contributed by atoms with Crippen LogP contribution in [0.4, 0.5) is 8.78 Å². The molecule has 0 radical (unpaired) electrons. The molecule has 0 unspecified atom stereocenters. The second kappa shape index (κ2) is 5.25. The normalized spacial score (nSPS) is 17.2. The van der Waals surface area contributed by atoms with Crippen LogP contribution in [0.3, 0.4) is 0 Å². The van der Waals surface area contributed by atoms with Crippen LogP contribution in [0.15, 0.2) is 18.2 Å². The quantitative estimate of drug-likeness (QED) is 0.906. The van der Waals surface area contributed by atoms with Crippen molar-refractivity contribution in [1.29, 1.82) is 0 Å². The second-order valence-electron chi connectivity index (χ2n) is 5.11. The van der Waals surface area contributed by atoms with Crippen LogP contribution in [0.1, 0.15) is 25.3 Å². The highest BCUT2D eigenvalue weighted by molar-refractivity contribution is 5.80. The topological polar surface area (TPSA) is 40.5 Å². The van der Waals surface area contributed by atoms with Crippen molar-refractivity contribution < 1.29 is 18.7 Å². The van der Waals surface area contributed by atoms with E-state index >= 15 is 0 Å². The fourth-order valence-electron chi connectivity index (χ4n) is 2.42. The zero-order valence-corrected chi connectivity index (χ0v) is 10.8. The van der Waals surface area contributed by atoms with Crippen molar-refractivity contribution in [3.8, 4) is 0 Å². The average Bonchev–Trinajstić information content (AvgIpc) is 2.32. The molecule has 19 heavy (non-hydrogen) atoms. The summed E-state index contributed by atoms with van der Waals surface area (Å²) in [6.45, 7) is 2.51. The summed E-state index contributed by atoms with van der Waals surface area (Å²) in [4.78, 5) is 13.3. The zero-order chi connectivity index (χ0) is 14.0. The minimum absolute atomic E-state index is 0.0518. The molecule has 1 aromatic carbocycles. The second-order valence-corrected chi connectivity index (χ2v) is 5.11. The van der Waals surface area contributed by atoms with E-state index in [0.29, 0.717) is 6.42 Å². The number of halogens is 2. The van der Waals surface area contributed by atoms with Crippen LogP contribution in [0.2, 0.25) is 0 Å². The van der Waals surface area contributed by atoms with E-state index in [1.165, 1.54) is 17.0 Å². The Balaban J connectivity index is 1.95. The lowest BCUT2D eigenvalue weighted by Crippen LogP contribution is -2.63. The number of amides is 1. The molecule has 0 aromatic heterocycles. The minimum atomic E-state index is -0.972. The van der Waals surface area contributed by atoms with Crippen LogP contribution in [-0.2, 0) is 11.2 Å². The third-order valence-corrected chi connectivity index (χ3v) is 3.41. The van der Waals surface area contributed by atoms with E-state index in [1.54, 1.807) is 0 Å².